The Morgan fingerprint density at radius 1 is 1.33 bits per heavy atom. The van der Waals surface area contributed by atoms with Crippen molar-refractivity contribution in [3.8, 4) is 0 Å². The number of rotatable bonds is 5. The van der Waals surface area contributed by atoms with Crippen LogP contribution in [0.3, 0.4) is 0 Å². The minimum atomic E-state index is -0.823. The van der Waals surface area contributed by atoms with Gasteiger partial charge in [-0.3, -0.25) is 4.79 Å². The van der Waals surface area contributed by atoms with Crippen molar-refractivity contribution in [2.24, 2.45) is 5.41 Å². The summed E-state index contributed by atoms with van der Waals surface area (Å²) in [5, 5.41) is 14.6. The number of hydrogen-bond acceptors (Lipinski definition) is 2. The summed E-state index contributed by atoms with van der Waals surface area (Å²) in [5.74, 6) is -0.434. The quantitative estimate of drug-likeness (QED) is 0.779. The zero-order chi connectivity index (χ0) is 15.5. The van der Waals surface area contributed by atoms with E-state index >= 15 is 0 Å². The van der Waals surface area contributed by atoms with E-state index in [1.54, 1.807) is 0 Å². The van der Waals surface area contributed by atoms with Gasteiger partial charge in [-0.15, -0.1) is 0 Å². The van der Waals surface area contributed by atoms with Gasteiger partial charge >= 0.3 is 12.0 Å². The normalized spacial score (nSPS) is 16.1. The van der Waals surface area contributed by atoms with Crippen LogP contribution in [0.15, 0.2) is 24.3 Å². The predicted octanol–water partition coefficient (Wildman–Crippen LogP) is 3.19. The molecule has 1 fully saturated rings. The van der Waals surface area contributed by atoms with Crippen molar-refractivity contribution < 1.29 is 14.7 Å². The third-order valence-electron chi connectivity index (χ3n) is 4.16. The zero-order valence-corrected chi connectivity index (χ0v) is 12.5. The highest BCUT2D eigenvalue weighted by Gasteiger charge is 2.44. The third kappa shape index (κ3) is 3.54. The summed E-state index contributed by atoms with van der Waals surface area (Å²) in [4.78, 5) is 23.1. The van der Waals surface area contributed by atoms with Gasteiger partial charge in [0.2, 0.25) is 0 Å². The number of hydrogen-bond donors (Lipinski definition) is 3. The molecule has 2 amide bonds. The third-order valence-corrected chi connectivity index (χ3v) is 4.16. The Kier molecular flexibility index (Phi) is 4.50. The Labute approximate surface area is 124 Å². The van der Waals surface area contributed by atoms with E-state index in [1.807, 2.05) is 24.3 Å². The summed E-state index contributed by atoms with van der Waals surface area (Å²) >= 11 is 0. The number of urea groups is 1. The smallest absolute Gasteiger partial charge is 0.319 e. The summed E-state index contributed by atoms with van der Waals surface area (Å²) in [6.07, 6.45) is 2.17. The van der Waals surface area contributed by atoms with E-state index in [2.05, 4.69) is 24.5 Å². The molecule has 0 saturated heterocycles. The summed E-state index contributed by atoms with van der Waals surface area (Å²) in [6, 6.07) is 7.31. The summed E-state index contributed by atoms with van der Waals surface area (Å²) in [6.45, 7) is 4.36. The van der Waals surface area contributed by atoms with Crippen molar-refractivity contribution in [1.29, 1.82) is 0 Å². The Balaban J connectivity index is 1.90. The monoisotopic (exact) mass is 290 g/mol. The van der Waals surface area contributed by atoms with Gasteiger partial charge < -0.3 is 15.7 Å². The van der Waals surface area contributed by atoms with Gasteiger partial charge in [0.25, 0.3) is 0 Å². The van der Waals surface area contributed by atoms with Crippen LogP contribution in [0.25, 0.3) is 0 Å². The molecule has 0 aliphatic heterocycles. The fourth-order valence-electron chi connectivity index (χ4n) is 2.47. The minimum Gasteiger partial charge on any atom is -0.481 e. The second-order valence-electron chi connectivity index (χ2n) is 6.03. The highest BCUT2D eigenvalue weighted by atomic mass is 16.4. The van der Waals surface area contributed by atoms with Gasteiger partial charge in [-0.1, -0.05) is 32.4 Å². The van der Waals surface area contributed by atoms with Crippen molar-refractivity contribution in [3.63, 3.8) is 0 Å². The van der Waals surface area contributed by atoms with Crippen molar-refractivity contribution in [2.75, 3.05) is 11.9 Å². The molecule has 0 aromatic heterocycles. The van der Waals surface area contributed by atoms with Gasteiger partial charge in [-0.25, -0.2) is 4.79 Å². The van der Waals surface area contributed by atoms with E-state index in [0.717, 1.165) is 17.7 Å². The molecule has 0 atom stereocenters. The molecule has 0 unspecified atom stereocenters. The van der Waals surface area contributed by atoms with Crippen LogP contribution in [0.2, 0.25) is 0 Å². The molecule has 3 N–H and O–H groups in total. The maximum Gasteiger partial charge on any atom is 0.319 e. The molecule has 0 radical (unpaired) electrons. The zero-order valence-electron chi connectivity index (χ0n) is 12.5. The molecule has 0 heterocycles. The van der Waals surface area contributed by atoms with E-state index in [0.29, 0.717) is 18.8 Å². The minimum absolute atomic E-state index is 0.179. The predicted molar refractivity (Wildman–Crippen MR) is 81.5 cm³/mol. The van der Waals surface area contributed by atoms with E-state index in [1.165, 1.54) is 0 Å². The fourth-order valence-corrected chi connectivity index (χ4v) is 2.47. The maximum atomic E-state index is 11.9. The first kappa shape index (κ1) is 15.4. The van der Waals surface area contributed by atoms with Gasteiger partial charge in [-0.2, -0.15) is 0 Å². The topological polar surface area (TPSA) is 78.4 Å². The molecule has 21 heavy (non-hydrogen) atoms. The average molecular weight is 290 g/mol. The molecule has 2 rings (SSSR count). The first-order chi connectivity index (χ1) is 9.93. The Morgan fingerprint density at radius 3 is 2.57 bits per heavy atom. The van der Waals surface area contributed by atoms with Gasteiger partial charge in [-0.05, 0) is 36.5 Å². The molecular weight excluding hydrogens is 268 g/mol. The molecule has 1 aliphatic carbocycles. The second kappa shape index (κ2) is 6.16. The number of aliphatic carboxylic acids is 1. The Bertz CT molecular complexity index is 536. The van der Waals surface area contributed by atoms with Crippen molar-refractivity contribution in [2.45, 2.75) is 39.0 Å². The molecule has 1 aromatic carbocycles. The number of amides is 2. The molecule has 0 bridgehead atoms. The van der Waals surface area contributed by atoms with Crippen LogP contribution in [-0.4, -0.2) is 23.7 Å². The highest BCUT2D eigenvalue weighted by Crippen LogP contribution is 2.40. The molecular formula is C16H22N2O3. The van der Waals surface area contributed by atoms with Crippen molar-refractivity contribution in [3.05, 3.63) is 29.8 Å². The number of benzene rings is 1. The molecule has 0 spiro atoms. The number of nitrogens with one attached hydrogen (secondary N) is 2. The molecule has 114 valence electrons. The lowest BCUT2D eigenvalue weighted by molar-refractivity contribution is -0.153. The van der Waals surface area contributed by atoms with Crippen LogP contribution in [-0.2, 0) is 4.79 Å². The van der Waals surface area contributed by atoms with E-state index in [9.17, 15) is 14.7 Å². The van der Waals surface area contributed by atoms with Crippen molar-refractivity contribution >= 4 is 17.7 Å². The Morgan fingerprint density at radius 2 is 2.05 bits per heavy atom. The molecule has 1 saturated carbocycles. The van der Waals surface area contributed by atoms with Crippen LogP contribution in [0.1, 0.15) is 44.6 Å². The lowest BCUT2D eigenvalue weighted by atomic mass is 9.69. The van der Waals surface area contributed by atoms with E-state index in [-0.39, 0.29) is 12.6 Å². The summed E-state index contributed by atoms with van der Waals surface area (Å²) in [5.41, 5.74) is 1.10. The number of carbonyl (C=O) groups excluding carboxylic acids is 1. The van der Waals surface area contributed by atoms with Crippen molar-refractivity contribution in [1.82, 2.24) is 5.32 Å². The number of carbonyl (C=O) groups is 2. The number of carboxylic acids is 1. The van der Waals surface area contributed by atoms with Gasteiger partial charge in [0, 0.05) is 12.2 Å². The molecule has 1 aromatic rings. The largest absolute Gasteiger partial charge is 0.481 e. The second-order valence-corrected chi connectivity index (χ2v) is 6.03. The average Bonchev–Trinajstić information content (AvgIpc) is 2.37. The lowest BCUT2D eigenvalue weighted by Gasteiger charge is -2.37. The van der Waals surface area contributed by atoms with Crippen LogP contribution >= 0.6 is 0 Å². The standard InChI is InChI=1S/C16H22N2O3/c1-11(2)12-5-3-6-13(9-12)18-15(21)17-10-16(14(19)20)7-4-8-16/h3,5-6,9,11H,4,7-8,10H2,1-2H3,(H,19,20)(H2,17,18,21). The van der Waals surface area contributed by atoms with Gasteiger partial charge in [0.1, 0.15) is 0 Å². The van der Waals surface area contributed by atoms with Gasteiger partial charge in [0.15, 0.2) is 0 Å². The highest BCUT2D eigenvalue weighted by molar-refractivity contribution is 5.90. The molecule has 5 heteroatoms. The Hall–Kier alpha value is -2.04. The molecule has 5 nitrogen and oxygen atoms in total. The van der Waals surface area contributed by atoms with E-state index in [4.69, 9.17) is 0 Å². The van der Waals surface area contributed by atoms with Gasteiger partial charge in [0.05, 0.1) is 5.41 Å². The van der Waals surface area contributed by atoms with Crippen LogP contribution in [0, 0.1) is 5.41 Å². The summed E-state index contributed by atoms with van der Waals surface area (Å²) in [7, 11) is 0. The molecule has 1 aliphatic rings. The first-order valence-electron chi connectivity index (χ1n) is 7.31. The van der Waals surface area contributed by atoms with E-state index < -0.39 is 11.4 Å². The first-order valence-corrected chi connectivity index (χ1v) is 7.31. The van der Waals surface area contributed by atoms with Crippen LogP contribution < -0.4 is 10.6 Å². The summed E-state index contributed by atoms with van der Waals surface area (Å²) < 4.78 is 0. The number of anilines is 1. The lowest BCUT2D eigenvalue weighted by Crippen LogP contribution is -2.48. The van der Waals surface area contributed by atoms with Crippen LogP contribution in [0.5, 0.6) is 0 Å². The maximum absolute atomic E-state index is 11.9. The number of carboxylic acid groups (broad SMARTS) is 1. The fraction of sp³-hybridized carbons (Fsp3) is 0.500. The SMILES string of the molecule is CC(C)c1cccc(NC(=O)NCC2(C(=O)O)CCC2)c1. The van der Waals surface area contributed by atoms with Crippen LogP contribution in [0.4, 0.5) is 10.5 Å².